The van der Waals surface area contributed by atoms with Crippen LogP contribution in [0.2, 0.25) is 0 Å². The highest BCUT2D eigenvalue weighted by Gasteiger charge is 2.16. The van der Waals surface area contributed by atoms with Crippen LogP contribution in [0.4, 0.5) is 5.95 Å². The number of aromatic nitrogens is 6. The summed E-state index contributed by atoms with van der Waals surface area (Å²) in [4.78, 5) is 43.1. The summed E-state index contributed by atoms with van der Waals surface area (Å²) >= 11 is 4.99. The molecule has 0 bridgehead atoms. The van der Waals surface area contributed by atoms with Gasteiger partial charge in [0.15, 0.2) is 15.9 Å². The van der Waals surface area contributed by atoms with Crippen LogP contribution in [-0.4, -0.2) is 39.6 Å². The van der Waals surface area contributed by atoms with Gasteiger partial charge in [-0.05, 0) is 19.1 Å². The van der Waals surface area contributed by atoms with Crippen molar-refractivity contribution in [1.29, 1.82) is 0 Å². The van der Waals surface area contributed by atoms with E-state index in [1.165, 1.54) is 27.8 Å². The molecule has 0 atom stereocenters. The number of aromatic hydroxyl groups is 1. The van der Waals surface area contributed by atoms with Gasteiger partial charge in [0.25, 0.3) is 11.1 Å². The van der Waals surface area contributed by atoms with Crippen molar-refractivity contribution in [3.05, 3.63) is 41.5 Å². The summed E-state index contributed by atoms with van der Waals surface area (Å²) in [5, 5.41) is 14.1. The molecule has 0 aliphatic carbocycles. The molecule has 3 aromatic rings. The lowest BCUT2D eigenvalue weighted by molar-refractivity contribution is 0.408. The molecule has 0 amide bonds. The molecule has 148 valence electrons. The summed E-state index contributed by atoms with van der Waals surface area (Å²) in [6.45, 7) is 2.12. The average Bonchev–Trinajstić information content (AvgIpc) is 2.97. The van der Waals surface area contributed by atoms with Gasteiger partial charge in [-0.2, -0.15) is 10.1 Å². The maximum absolute atomic E-state index is 12.4. The molecular weight excluding hydrogens is 388 g/mol. The first kappa shape index (κ1) is 19.3. The van der Waals surface area contributed by atoms with E-state index < -0.39 is 16.8 Å². The van der Waals surface area contributed by atoms with Crippen molar-refractivity contribution in [3.8, 4) is 5.88 Å². The van der Waals surface area contributed by atoms with Crippen molar-refractivity contribution >= 4 is 35.5 Å². The van der Waals surface area contributed by atoms with Gasteiger partial charge in [0.2, 0.25) is 11.8 Å². The number of rotatable bonds is 4. The SMILES string of the molecule is CCn1c(O)c(C=NNc2nc3c(c(=O)n(C)c(=O)n3C)n2C)c(=O)[nH]c1=S. The molecule has 3 N–H and O–H groups in total. The van der Waals surface area contributed by atoms with Crippen LogP contribution in [0.25, 0.3) is 11.2 Å². The van der Waals surface area contributed by atoms with Crippen molar-refractivity contribution in [2.75, 3.05) is 5.43 Å². The van der Waals surface area contributed by atoms with Crippen molar-refractivity contribution in [2.45, 2.75) is 13.5 Å². The Morgan fingerprint density at radius 3 is 2.54 bits per heavy atom. The number of H-pyrrole nitrogens is 1. The molecule has 0 aromatic carbocycles. The van der Waals surface area contributed by atoms with Gasteiger partial charge in [0, 0.05) is 27.7 Å². The second kappa shape index (κ2) is 6.92. The molecule has 3 heterocycles. The van der Waals surface area contributed by atoms with Crippen LogP contribution >= 0.6 is 12.2 Å². The molecule has 28 heavy (non-hydrogen) atoms. The highest BCUT2D eigenvalue weighted by Crippen LogP contribution is 2.14. The topological polar surface area (TPSA) is 144 Å². The Morgan fingerprint density at radius 1 is 1.21 bits per heavy atom. The first-order valence-electron chi connectivity index (χ1n) is 8.16. The zero-order chi connectivity index (χ0) is 20.7. The maximum Gasteiger partial charge on any atom is 0.332 e. The van der Waals surface area contributed by atoms with Crippen molar-refractivity contribution in [1.82, 2.24) is 28.2 Å². The summed E-state index contributed by atoms with van der Waals surface area (Å²) in [5.74, 6) is -0.146. The number of hydrogen-bond donors (Lipinski definition) is 3. The largest absolute Gasteiger partial charge is 0.494 e. The molecule has 0 radical (unpaired) electrons. The van der Waals surface area contributed by atoms with Gasteiger partial charge < -0.3 is 9.67 Å². The minimum Gasteiger partial charge on any atom is -0.494 e. The molecule has 3 rings (SSSR count). The third kappa shape index (κ3) is 2.85. The zero-order valence-corrected chi connectivity index (χ0v) is 16.4. The summed E-state index contributed by atoms with van der Waals surface area (Å²) in [5.41, 5.74) is 1.32. The highest BCUT2D eigenvalue weighted by atomic mass is 32.1. The Morgan fingerprint density at radius 2 is 1.89 bits per heavy atom. The Kier molecular flexibility index (Phi) is 4.77. The average molecular weight is 406 g/mol. The van der Waals surface area contributed by atoms with Crippen LogP contribution in [0.1, 0.15) is 12.5 Å². The predicted molar refractivity (Wildman–Crippen MR) is 106 cm³/mol. The summed E-state index contributed by atoms with van der Waals surface area (Å²) in [6.07, 6.45) is 1.12. The van der Waals surface area contributed by atoms with E-state index in [1.807, 2.05) is 0 Å². The second-order valence-corrected chi connectivity index (χ2v) is 6.37. The molecule has 0 aliphatic rings. The number of nitrogens with zero attached hydrogens (tertiary/aromatic N) is 6. The first-order chi connectivity index (χ1) is 13.2. The zero-order valence-electron chi connectivity index (χ0n) is 15.5. The van der Waals surface area contributed by atoms with Gasteiger partial charge in [-0.15, -0.1) is 0 Å². The lowest BCUT2D eigenvalue weighted by atomic mass is 10.3. The van der Waals surface area contributed by atoms with Gasteiger partial charge >= 0.3 is 5.69 Å². The lowest BCUT2D eigenvalue weighted by Crippen LogP contribution is -2.37. The third-order valence-electron chi connectivity index (χ3n) is 4.36. The molecule has 0 aliphatic heterocycles. The fourth-order valence-electron chi connectivity index (χ4n) is 2.76. The second-order valence-electron chi connectivity index (χ2n) is 5.98. The van der Waals surface area contributed by atoms with E-state index in [1.54, 1.807) is 14.0 Å². The van der Waals surface area contributed by atoms with Crippen molar-refractivity contribution in [2.24, 2.45) is 26.2 Å². The normalized spacial score (nSPS) is 11.6. The van der Waals surface area contributed by atoms with Crippen molar-refractivity contribution < 1.29 is 5.11 Å². The van der Waals surface area contributed by atoms with E-state index in [9.17, 15) is 19.5 Å². The Hall–Kier alpha value is -3.48. The number of aryl methyl sites for hydroxylation is 2. The van der Waals surface area contributed by atoms with Gasteiger partial charge in [-0.3, -0.25) is 28.3 Å². The summed E-state index contributed by atoms with van der Waals surface area (Å²) in [7, 11) is 4.46. The summed E-state index contributed by atoms with van der Waals surface area (Å²) < 4.78 is 5.11. The smallest absolute Gasteiger partial charge is 0.332 e. The van der Waals surface area contributed by atoms with E-state index in [4.69, 9.17) is 12.2 Å². The lowest BCUT2D eigenvalue weighted by Gasteiger charge is -2.07. The van der Waals surface area contributed by atoms with Gasteiger partial charge in [-0.1, -0.05) is 0 Å². The number of imidazole rings is 1. The molecule has 0 spiro atoms. The van der Waals surface area contributed by atoms with Crippen LogP contribution in [0.15, 0.2) is 19.5 Å². The molecule has 13 heteroatoms. The number of nitrogens with one attached hydrogen (secondary N) is 2. The number of hydrogen-bond acceptors (Lipinski definition) is 8. The minimum absolute atomic E-state index is 0.0926. The fourth-order valence-corrected chi connectivity index (χ4v) is 3.07. The van der Waals surface area contributed by atoms with Crippen LogP contribution in [0, 0.1) is 4.77 Å². The monoisotopic (exact) mass is 406 g/mol. The van der Waals surface area contributed by atoms with Gasteiger partial charge in [-0.25, -0.2) is 10.2 Å². The van der Waals surface area contributed by atoms with Crippen LogP contribution in [-0.2, 0) is 27.7 Å². The molecule has 3 aromatic heterocycles. The predicted octanol–water partition coefficient (Wildman–Crippen LogP) is -0.639. The van der Waals surface area contributed by atoms with Gasteiger partial charge in [0.1, 0.15) is 5.56 Å². The highest BCUT2D eigenvalue weighted by molar-refractivity contribution is 7.71. The van der Waals surface area contributed by atoms with Crippen LogP contribution in [0.3, 0.4) is 0 Å². The molecule has 0 saturated carbocycles. The Balaban J connectivity index is 2.06. The standard InChI is InChI=1S/C15H18N8O4S/c1-5-23-11(25)7(10(24)18-14(23)28)6-16-19-13-17-9-8(20(13)2)12(26)22(4)15(27)21(9)3/h6,25H,5H2,1-4H3,(H,17,19)(H,18,24,28). The van der Waals surface area contributed by atoms with Crippen molar-refractivity contribution in [3.63, 3.8) is 0 Å². The number of hydrazone groups is 1. The quantitative estimate of drug-likeness (QED) is 0.297. The minimum atomic E-state index is -0.598. The van der Waals surface area contributed by atoms with E-state index in [2.05, 4.69) is 20.5 Å². The van der Waals surface area contributed by atoms with E-state index in [-0.39, 0.29) is 33.3 Å². The molecule has 0 saturated heterocycles. The maximum atomic E-state index is 12.4. The Bertz CT molecular complexity index is 1350. The van der Waals surface area contributed by atoms with Crippen LogP contribution in [0.5, 0.6) is 5.88 Å². The van der Waals surface area contributed by atoms with Gasteiger partial charge in [0.05, 0.1) is 6.21 Å². The number of fused-ring (bicyclic) bond motifs is 1. The Labute approximate surface area is 162 Å². The third-order valence-corrected chi connectivity index (χ3v) is 4.68. The fraction of sp³-hybridized carbons (Fsp3) is 0.333. The summed E-state index contributed by atoms with van der Waals surface area (Å²) in [6, 6.07) is 0. The molecule has 0 unspecified atom stereocenters. The van der Waals surface area contributed by atoms with E-state index in [0.29, 0.717) is 6.54 Å². The van der Waals surface area contributed by atoms with Crippen LogP contribution < -0.4 is 22.2 Å². The molecule has 12 nitrogen and oxygen atoms in total. The van der Waals surface area contributed by atoms with E-state index in [0.717, 1.165) is 10.8 Å². The molecular formula is C15H18N8O4S. The van der Waals surface area contributed by atoms with E-state index >= 15 is 0 Å². The number of aromatic amines is 1. The first-order valence-corrected chi connectivity index (χ1v) is 8.57. The molecule has 0 fully saturated rings. The number of anilines is 1.